The van der Waals surface area contributed by atoms with Gasteiger partial charge in [0.05, 0.1) is 5.02 Å². The summed E-state index contributed by atoms with van der Waals surface area (Å²) in [5.74, 6) is 0.887. The fourth-order valence-corrected chi connectivity index (χ4v) is 11.0. The molecule has 29 heavy (non-hydrogen) atoms. The zero-order valence-electron chi connectivity index (χ0n) is 19.9. The Bertz CT molecular complexity index is 826. The van der Waals surface area contributed by atoms with Crippen LogP contribution in [0.3, 0.4) is 0 Å². The Morgan fingerprint density at radius 1 is 1.03 bits per heavy atom. The van der Waals surface area contributed by atoms with Crippen LogP contribution in [0.25, 0.3) is 0 Å². The van der Waals surface area contributed by atoms with E-state index < -0.39 is 8.07 Å². The predicted octanol–water partition coefficient (Wildman–Crippen LogP) is 7.95. The van der Waals surface area contributed by atoms with Crippen molar-refractivity contribution in [2.24, 2.45) is 0 Å². The summed E-state index contributed by atoms with van der Waals surface area (Å²) in [7, 11) is -1.99. The van der Waals surface area contributed by atoms with Crippen LogP contribution in [0.1, 0.15) is 67.9 Å². The second kappa shape index (κ2) is 8.86. The molecule has 0 atom stereocenters. The highest BCUT2D eigenvalue weighted by atomic mass is 35.5. The lowest BCUT2D eigenvalue weighted by Gasteiger charge is -2.40. The fraction of sp³-hybridized carbons (Fsp3) is 0.538. The molecule has 0 saturated heterocycles. The second-order valence-electron chi connectivity index (χ2n) is 9.60. The van der Waals surface area contributed by atoms with E-state index in [1.54, 1.807) is 17.2 Å². The average molecular weight is 431 g/mol. The van der Waals surface area contributed by atoms with Gasteiger partial charge in [0.2, 0.25) is 0 Å². The van der Waals surface area contributed by atoms with Gasteiger partial charge < -0.3 is 4.74 Å². The molecule has 0 radical (unpaired) electrons. The molecule has 1 nitrogen and oxygen atoms in total. The lowest BCUT2D eigenvalue weighted by molar-refractivity contribution is 0.365. The van der Waals surface area contributed by atoms with Gasteiger partial charge in [-0.05, 0) is 61.1 Å². The fourth-order valence-electron chi connectivity index (χ4n) is 5.06. The van der Waals surface area contributed by atoms with Gasteiger partial charge in [0, 0.05) is 5.54 Å². The van der Waals surface area contributed by atoms with Crippen LogP contribution in [-0.2, 0) is 5.41 Å². The highest BCUT2D eigenvalue weighted by Crippen LogP contribution is 2.50. The first-order valence-corrected chi connectivity index (χ1v) is 13.8. The first kappa shape index (κ1) is 24.0. The van der Waals surface area contributed by atoms with Gasteiger partial charge in [-0.3, -0.25) is 0 Å². The first-order valence-electron chi connectivity index (χ1n) is 10.9. The van der Waals surface area contributed by atoms with Gasteiger partial charge in [0.1, 0.15) is 20.4 Å². The molecule has 0 spiro atoms. The zero-order chi connectivity index (χ0) is 22.1. The largest absolute Gasteiger partial charge is 0.488 e. The van der Waals surface area contributed by atoms with E-state index in [1.807, 2.05) is 0 Å². The summed E-state index contributed by atoms with van der Waals surface area (Å²) in [6.45, 7) is 25.1. The molecule has 1 aliphatic carbocycles. The molecule has 1 aromatic rings. The summed E-state index contributed by atoms with van der Waals surface area (Å²) >= 11 is 6.87. The molecule has 1 aliphatic rings. The maximum atomic E-state index is 6.87. The van der Waals surface area contributed by atoms with Crippen molar-refractivity contribution in [2.75, 3.05) is 6.61 Å². The van der Waals surface area contributed by atoms with E-state index >= 15 is 0 Å². The second-order valence-corrected chi connectivity index (χ2v) is 14.8. The number of hydrogen-bond acceptors (Lipinski definition) is 1. The van der Waals surface area contributed by atoms with Gasteiger partial charge in [-0.2, -0.15) is 0 Å². The van der Waals surface area contributed by atoms with Gasteiger partial charge in [-0.25, -0.2) is 0 Å². The molecule has 3 heteroatoms. The van der Waals surface area contributed by atoms with Gasteiger partial charge in [-0.1, -0.05) is 88.2 Å². The molecule has 0 aromatic heterocycles. The Labute approximate surface area is 184 Å². The third-order valence-electron chi connectivity index (χ3n) is 7.22. The first-order chi connectivity index (χ1) is 13.5. The number of benzene rings is 1. The summed E-state index contributed by atoms with van der Waals surface area (Å²) in [6.07, 6.45) is 1.80. The van der Waals surface area contributed by atoms with Crippen molar-refractivity contribution in [1.82, 2.24) is 0 Å². The van der Waals surface area contributed by atoms with E-state index in [9.17, 15) is 0 Å². The molecule has 160 valence electrons. The monoisotopic (exact) mass is 430 g/mol. The highest BCUT2D eigenvalue weighted by molar-refractivity contribution is 6.94. The van der Waals surface area contributed by atoms with Crippen LogP contribution in [0.4, 0.5) is 0 Å². The predicted molar refractivity (Wildman–Crippen MR) is 133 cm³/mol. The SMILES string of the molecule is C=CCOc1c(Cl)cc(C(C)(C)C)cc1[Si](CC)(CC)C1C(C)=C(C)C(C)=C1C. The van der Waals surface area contributed by atoms with Crippen LogP contribution in [0.2, 0.25) is 22.7 Å². The Hall–Kier alpha value is -1.25. The maximum Gasteiger partial charge on any atom is 0.137 e. The van der Waals surface area contributed by atoms with Crippen molar-refractivity contribution in [3.05, 3.63) is 57.7 Å². The molecule has 0 heterocycles. The van der Waals surface area contributed by atoms with Gasteiger partial charge in [0.15, 0.2) is 0 Å². The van der Waals surface area contributed by atoms with Gasteiger partial charge in [-0.15, -0.1) is 0 Å². The lowest BCUT2D eigenvalue weighted by Crippen LogP contribution is -2.52. The minimum Gasteiger partial charge on any atom is -0.488 e. The molecule has 0 aliphatic heterocycles. The van der Waals surface area contributed by atoms with E-state index in [-0.39, 0.29) is 5.41 Å². The minimum atomic E-state index is -1.99. The molecule has 0 amide bonds. The standard InChI is InChI=1S/C26H39ClOSi/c1-11-14-28-24-22(27)15-21(26(8,9)10)16-23(24)29(12-2,13-3)25-19(6)17(4)18(5)20(25)7/h11,15-16,25H,1,12-14H2,2-10H3. The normalized spacial score (nSPS) is 16.1. The van der Waals surface area contributed by atoms with Crippen LogP contribution >= 0.6 is 11.6 Å². The van der Waals surface area contributed by atoms with Crippen molar-refractivity contribution in [3.8, 4) is 5.75 Å². The van der Waals surface area contributed by atoms with Crippen molar-refractivity contribution in [1.29, 1.82) is 0 Å². The van der Waals surface area contributed by atoms with Crippen LogP contribution < -0.4 is 9.92 Å². The highest BCUT2D eigenvalue weighted by Gasteiger charge is 2.47. The summed E-state index contributed by atoms with van der Waals surface area (Å²) in [5.41, 5.74) is 7.86. The molecule has 0 N–H and O–H groups in total. The van der Waals surface area contributed by atoms with Crippen molar-refractivity contribution in [2.45, 2.75) is 85.4 Å². The van der Waals surface area contributed by atoms with Crippen LogP contribution in [-0.4, -0.2) is 14.7 Å². The molecule has 0 saturated carbocycles. The molecule has 0 unspecified atom stereocenters. The topological polar surface area (TPSA) is 9.23 Å². The van der Waals surface area contributed by atoms with Crippen LogP contribution in [0.15, 0.2) is 47.1 Å². The summed E-state index contributed by atoms with van der Waals surface area (Å²) in [5, 5.41) is 2.12. The molecule has 0 fully saturated rings. The summed E-state index contributed by atoms with van der Waals surface area (Å²) in [6, 6.07) is 6.85. The minimum absolute atomic E-state index is 0.0360. The number of halogens is 1. The number of rotatable bonds is 7. The van der Waals surface area contributed by atoms with Crippen molar-refractivity contribution >= 4 is 24.9 Å². The maximum absolute atomic E-state index is 6.87. The number of hydrogen-bond donors (Lipinski definition) is 0. The Balaban J connectivity index is 2.88. The van der Waals surface area contributed by atoms with E-state index in [2.05, 4.69) is 81.0 Å². The van der Waals surface area contributed by atoms with E-state index in [4.69, 9.17) is 16.3 Å². The third-order valence-corrected chi connectivity index (χ3v) is 13.4. The Kier molecular flexibility index (Phi) is 7.33. The van der Waals surface area contributed by atoms with Crippen LogP contribution in [0, 0.1) is 0 Å². The quantitative estimate of drug-likeness (QED) is 0.315. The van der Waals surface area contributed by atoms with Gasteiger partial charge >= 0.3 is 0 Å². The van der Waals surface area contributed by atoms with Crippen molar-refractivity contribution in [3.63, 3.8) is 0 Å². The molecule has 2 rings (SSSR count). The third kappa shape index (κ3) is 4.16. The smallest absolute Gasteiger partial charge is 0.137 e. The van der Waals surface area contributed by atoms with E-state index in [0.29, 0.717) is 12.1 Å². The molecule has 1 aromatic carbocycles. The average Bonchev–Trinajstić information content (AvgIpc) is 2.86. The number of ether oxygens (including phenoxy) is 1. The molecular formula is C26H39ClOSi. The Morgan fingerprint density at radius 2 is 1.55 bits per heavy atom. The molecule has 0 bridgehead atoms. The number of allylic oxidation sites excluding steroid dienone is 4. The summed E-state index contributed by atoms with van der Waals surface area (Å²) < 4.78 is 6.23. The zero-order valence-corrected chi connectivity index (χ0v) is 21.7. The van der Waals surface area contributed by atoms with Crippen molar-refractivity contribution < 1.29 is 4.74 Å². The Morgan fingerprint density at radius 3 is 1.97 bits per heavy atom. The van der Waals surface area contributed by atoms with Gasteiger partial charge in [0.25, 0.3) is 0 Å². The summed E-state index contributed by atoms with van der Waals surface area (Å²) in [4.78, 5) is 0. The van der Waals surface area contributed by atoms with Crippen LogP contribution in [0.5, 0.6) is 5.75 Å². The lowest BCUT2D eigenvalue weighted by atomic mass is 9.87. The van der Waals surface area contributed by atoms with E-state index in [1.165, 1.54) is 21.9 Å². The molecular weight excluding hydrogens is 392 g/mol. The van der Waals surface area contributed by atoms with E-state index in [0.717, 1.165) is 22.9 Å².